The van der Waals surface area contributed by atoms with Crippen molar-refractivity contribution in [2.45, 2.75) is 32.2 Å². The molecule has 0 unspecified atom stereocenters. The maximum Gasteiger partial charge on any atom is 0.247 e. The predicted octanol–water partition coefficient (Wildman–Crippen LogP) is 4.40. The molecule has 1 N–H and O–H groups in total. The van der Waals surface area contributed by atoms with Crippen molar-refractivity contribution >= 4 is 5.69 Å². The van der Waals surface area contributed by atoms with E-state index >= 15 is 0 Å². The van der Waals surface area contributed by atoms with Gasteiger partial charge in [0.1, 0.15) is 6.04 Å². The van der Waals surface area contributed by atoms with Crippen LogP contribution in [0.4, 0.5) is 5.69 Å². The molecule has 1 aliphatic carbocycles. The predicted molar refractivity (Wildman–Crippen MR) is 90.2 cm³/mol. The summed E-state index contributed by atoms with van der Waals surface area (Å²) in [5.41, 5.74) is 4.98. The molecule has 3 aromatic rings. The minimum atomic E-state index is -0.0283. The molecular formula is C19H19N3O. The summed E-state index contributed by atoms with van der Waals surface area (Å²) in [6, 6.07) is 16.4. The van der Waals surface area contributed by atoms with Gasteiger partial charge in [0.15, 0.2) is 0 Å². The van der Waals surface area contributed by atoms with E-state index in [2.05, 4.69) is 33.7 Å². The molecule has 0 aliphatic heterocycles. The van der Waals surface area contributed by atoms with Crippen LogP contribution < -0.4 is 5.32 Å². The molecule has 0 saturated heterocycles. The van der Waals surface area contributed by atoms with E-state index in [1.807, 2.05) is 37.3 Å². The first-order valence-electron chi connectivity index (χ1n) is 8.07. The van der Waals surface area contributed by atoms with Crippen LogP contribution in [0.5, 0.6) is 0 Å². The lowest BCUT2D eigenvalue weighted by atomic mass is 10.1. The van der Waals surface area contributed by atoms with Gasteiger partial charge in [-0.1, -0.05) is 24.3 Å². The van der Waals surface area contributed by atoms with Crippen LogP contribution in [0.25, 0.3) is 11.5 Å². The third-order valence-electron chi connectivity index (χ3n) is 4.31. The van der Waals surface area contributed by atoms with E-state index in [1.54, 1.807) is 0 Å². The fourth-order valence-corrected chi connectivity index (χ4v) is 3.08. The maximum atomic E-state index is 5.81. The highest BCUT2D eigenvalue weighted by atomic mass is 16.4. The van der Waals surface area contributed by atoms with Gasteiger partial charge in [0.2, 0.25) is 11.8 Å². The Morgan fingerprint density at radius 1 is 1.00 bits per heavy atom. The highest BCUT2D eigenvalue weighted by Gasteiger charge is 2.16. The molecule has 1 aliphatic rings. The molecule has 0 bridgehead atoms. The van der Waals surface area contributed by atoms with E-state index in [0.29, 0.717) is 11.8 Å². The van der Waals surface area contributed by atoms with E-state index in [4.69, 9.17) is 4.42 Å². The number of anilines is 1. The highest BCUT2D eigenvalue weighted by Crippen LogP contribution is 2.27. The lowest BCUT2D eigenvalue weighted by molar-refractivity contribution is 0.485. The first kappa shape index (κ1) is 14.0. The smallest absolute Gasteiger partial charge is 0.247 e. The number of rotatable bonds is 4. The summed E-state index contributed by atoms with van der Waals surface area (Å²) < 4.78 is 5.81. The Morgan fingerprint density at radius 3 is 2.70 bits per heavy atom. The van der Waals surface area contributed by atoms with Crippen molar-refractivity contribution in [2.75, 3.05) is 5.32 Å². The van der Waals surface area contributed by atoms with Crippen molar-refractivity contribution in [3.8, 4) is 11.5 Å². The Kier molecular flexibility index (Phi) is 3.58. The molecule has 0 amide bonds. The van der Waals surface area contributed by atoms with E-state index < -0.39 is 0 Å². The standard InChI is InChI=1S/C19H19N3O/c1-13(20-17-11-10-14-8-5-9-16(14)12-17)18-21-22-19(23-18)15-6-3-2-4-7-15/h2-4,6-7,10-13,20H,5,8-9H2,1H3/t13-/m1/s1. The lowest BCUT2D eigenvalue weighted by Crippen LogP contribution is -2.07. The Labute approximate surface area is 135 Å². The summed E-state index contributed by atoms with van der Waals surface area (Å²) in [5.74, 6) is 1.16. The summed E-state index contributed by atoms with van der Waals surface area (Å²) in [6.45, 7) is 2.04. The number of aromatic nitrogens is 2. The number of nitrogens with one attached hydrogen (secondary N) is 1. The Bertz CT molecular complexity index is 810. The normalized spacial score (nSPS) is 14.5. The van der Waals surface area contributed by atoms with Crippen molar-refractivity contribution in [1.29, 1.82) is 0 Å². The number of hydrogen-bond acceptors (Lipinski definition) is 4. The van der Waals surface area contributed by atoms with Crippen molar-refractivity contribution in [2.24, 2.45) is 0 Å². The van der Waals surface area contributed by atoms with Crippen LogP contribution in [0.15, 0.2) is 52.9 Å². The highest BCUT2D eigenvalue weighted by molar-refractivity contribution is 5.53. The van der Waals surface area contributed by atoms with Crippen LogP contribution in [0.1, 0.15) is 36.4 Å². The monoisotopic (exact) mass is 305 g/mol. The van der Waals surface area contributed by atoms with Crippen molar-refractivity contribution in [3.63, 3.8) is 0 Å². The van der Waals surface area contributed by atoms with E-state index in [0.717, 1.165) is 11.3 Å². The fraction of sp³-hybridized carbons (Fsp3) is 0.263. The molecule has 1 aromatic heterocycles. The topological polar surface area (TPSA) is 51.0 Å². The van der Waals surface area contributed by atoms with Crippen LogP contribution in [0.3, 0.4) is 0 Å². The second-order valence-electron chi connectivity index (χ2n) is 6.01. The number of fused-ring (bicyclic) bond motifs is 1. The fourth-order valence-electron chi connectivity index (χ4n) is 3.08. The molecule has 116 valence electrons. The molecular weight excluding hydrogens is 286 g/mol. The average Bonchev–Trinajstić information content (AvgIpc) is 3.24. The zero-order chi connectivity index (χ0) is 15.6. The van der Waals surface area contributed by atoms with Crippen LogP contribution in [0, 0.1) is 0 Å². The second-order valence-corrected chi connectivity index (χ2v) is 6.01. The van der Waals surface area contributed by atoms with Crippen LogP contribution >= 0.6 is 0 Å². The number of nitrogens with zero attached hydrogens (tertiary/aromatic N) is 2. The summed E-state index contributed by atoms with van der Waals surface area (Å²) in [6.07, 6.45) is 3.64. The molecule has 4 rings (SSSR count). The van der Waals surface area contributed by atoms with Gasteiger partial charge in [0, 0.05) is 11.3 Å². The molecule has 4 nitrogen and oxygen atoms in total. The van der Waals surface area contributed by atoms with E-state index in [1.165, 1.54) is 30.4 Å². The SMILES string of the molecule is C[C@@H](Nc1ccc2c(c1)CCC2)c1nnc(-c2ccccc2)o1. The number of benzene rings is 2. The molecule has 1 heterocycles. The molecule has 0 saturated carbocycles. The first-order valence-corrected chi connectivity index (χ1v) is 8.07. The van der Waals surface area contributed by atoms with Crippen LogP contribution in [-0.2, 0) is 12.8 Å². The van der Waals surface area contributed by atoms with Crippen LogP contribution in [0.2, 0.25) is 0 Å². The average molecular weight is 305 g/mol. The molecule has 1 atom stereocenters. The van der Waals surface area contributed by atoms with Crippen molar-refractivity contribution < 1.29 is 4.42 Å². The molecule has 23 heavy (non-hydrogen) atoms. The van der Waals surface area contributed by atoms with Crippen molar-refractivity contribution in [1.82, 2.24) is 10.2 Å². The lowest BCUT2D eigenvalue weighted by Gasteiger charge is -2.12. The first-order chi connectivity index (χ1) is 11.3. The van der Waals surface area contributed by atoms with Gasteiger partial charge in [-0.05, 0) is 61.6 Å². The minimum Gasteiger partial charge on any atom is -0.418 e. The third kappa shape index (κ3) is 2.84. The third-order valence-corrected chi connectivity index (χ3v) is 4.31. The number of hydrogen-bond donors (Lipinski definition) is 1. The number of aryl methyl sites for hydroxylation is 2. The second kappa shape index (κ2) is 5.88. The van der Waals surface area contributed by atoms with Gasteiger partial charge in [-0.25, -0.2) is 0 Å². The molecule has 4 heteroatoms. The molecule has 0 radical (unpaired) electrons. The minimum absolute atomic E-state index is 0.0283. The van der Waals surface area contributed by atoms with Gasteiger partial charge in [0.25, 0.3) is 0 Å². The zero-order valence-corrected chi connectivity index (χ0v) is 13.1. The molecule has 0 fully saturated rings. The Hall–Kier alpha value is -2.62. The summed E-state index contributed by atoms with van der Waals surface area (Å²) in [5, 5.41) is 11.8. The quantitative estimate of drug-likeness (QED) is 0.776. The summed E-state index contributed by atoms with van der Waals surface area (Å²) >= 11 is 0. The summed E-state index contributed by atoms with van der Waals surface area (Å²) in [7, 11) is 0. The van der Waals surface area contributed by atoms with Gasteiger partial charge in [-0.2, -0.15) is 0 Å². The zero-order valence-electron chi connectivity index (χ0n) is 13.1. The van der Waals surface area contributed by atoms with E-state index in [-0.39, 0.29) is 6.04 Å². The molecule has 0 spiro atoms. The van der Waals surface area contributed by atoms with Gasteiger partial charge < -0.3 is 9.73 Å². The summed E-state index contributed by atoms with van der Waals surface area (Å²) in [4.78, 5) is 0. The van der Waals surface area contributed by atoms with Gasteiger partial charge in [-0.3, -0.25) is 0 Å². The maximum absolute atomic E-state index is 5.81. The largest absolute Gasteiger partial charge is 0.418 e. The van der Waals surface area contributed by atoms with E-state index in [9.17, 15) is 0 Å². The van der Waals surface area contributed by atoms with Crippen LogP contribution in [-0.4, -0.2) is 10.2 Å². The Morgan fingerprint density at radius 2 is 1.83 bits per heavy atom. The van der Waals surface area contributed by atoms with Crippen molar-refractivity contribution in [3.05, 3.63) is 65.5 Å². The Balaban J connectivity index is 1.51. The van der Waals surface area contributed by atoms with Gasteiger partial charge in [-0.15, -0.1) is 10.2 Å². The van der Waals surface area contributed by atoms with Gasteiger partial charge in [0.05, 0.1) is 0 Å². The van der Waals surface area contributed by atoms with Gasteiger partial charge >= 0.3 is 0 Å². The molecule has 2 aromatic carbocycles.